The third-order valence-corrected chi connectivity index (χ3v) is 4.05. The molecule has 1 aromatic carbocycles. The fourth-order valence-electron chi connectivity index (χ4n) is 1.85. The minimum Gasteiger partial charge on any atom is -0.300 e. The van der Waals surface area contributed by atoms with Gasteiger partial charge in [0.05, 0.1) is 0 Å². The highest BCUT2D eigenvalue weighted by Crippen LogP contribution is 2.23. The van der Waals surface area contributed by atoms with Crippen molar-refractivity contribution in [3.05, 3.63) is 32.7 Å². The molecule has 1 aliphatic rings. The summed E-state index contributed by atoms with van der Waals surface area (Å²) in [4.78, 5) is 13.5. The average Bonchev–Trinajstić information content (AvgIpc) is 2.25. The SMILES string of the molecule is O=C1CCN(Cc2ccc(Br)cc2Br)CC1. The lowest BCUT2D eigenvalue weighted by Crippen LogP contribution is -2.33. The van der Waals surface area contributed by atoms with Gasteiger partial charge in [-0.3, -0.25) is 9.69 Å². The standard InChI is InChI=1S/C12H13Br2NO/c13-10-2-1-9(12(14)7-10)8-15-5-3-11(16)4-6-15/h1-2,7H,3-6,8H2. The smallest absolute Gasteiger partial charge is 0.135 e. The van der Waals surface area contributed by atoms with Crippen molar-refractivity contribution in [1.29, 1.82) is 0 Å². The molecule has 0 amide bonds. The molecule has 1 aliphatic heterocycles. The van der Waals surface area contributed by atoms with Crippen molar-refractivity contribution < 1.29 is 4.79 Å². The van der Waals surface area contributed by atoms with Gasteiger partial charge in [0.25, 0.3) is 0 Å². The van der Waals surface area contributed by atoms with Gasteiger partial charge in [0.2, 0.25) is 0 Å². The summed E-state index contributed by atoms with van der Waals surface area (Å²) in [6.45, 7) is 2.70. The Kier molecular flexibility index (Phi) is 4.16. The Morgan fingerprint density at radius 3 is 2.50 bits per heavy atom. The molecular formula is C12H13Br2NO. The monoisotopic (exact) mass is 345 g/mol. The summed E-state index contributed by atoms with van der Waals surface area (Å²) < 4.78 is 2.20. The largest absolute Gasteiger partial charge is 0.300 e. The number of ketones is 1. The van der Waals surface area contributed by atoms with Crippen molar-refractivity contribution >= 4 is 37.6 Å². The summed E-state index contributed by atoms with van der Waals surface area (Å²) in [6, 6.07) is 6.23. The molecule has 1 fully saturated rings. The maximum Gasteiger partial charge on any atom is 0.135 e. The summed E-state index contributed by atoms with van der Waals surface area (Å²) in [5, 5.41) is 0. The van der Waals surface area contributed by atoms with Crippen LogP contribution in [0.2, 0.25) is 0 Å². The Morgan fingerprint density at radius 2 is 1.88 bits per heavy atom. The van der Waals surface area contributed by atoms with E-state index >= 15 is 0 Å². The van der Waals surface area contributed by atoms with Gasteiger partial charge < -0.3 is 0 Å². The van der Waals surface area contributed by atoms with Crippen LogP contribution in [-0.4, -0.2) is 23.8 Å². The highest BCUT2D eigenvalue weighted by Gasteiger charge is 2.16. The maximum absolute atomic E-state index is 11.1. The Hall–Kier alpha value is -0.190. The minimum absolute atomic E-state index is 0.395. The molecule has 0 bridgehead atoms. The van der Waals surface area contributed by atoms with E-state index in [9.17, 15) is 4.79 Å². The van der Waals surface area contributed by atoms with Gasteiger partial charge in [0.15, 0.2) is 0 Å². The Morgan fingerprint density at radius 1 is 1.19 bits per heavy atom. The molecule has 0 atom stereocenters. The highest BCUT2D eigenvalue weighted by atomic mass is 79.9. The van der Waals surface area contributed by atoms with E-state index in [1.807, 2.05) is 0 Å². The van der Waals surface area contributed by atoms with Gasteiger partial charge in [-0.1, -0.05) is 37.9 Å². The van der Waals surface area contributed by atoms with Gasteiger partial charge >= 0.3 is 0 Å². The maximum atomic E-state index is 11.1. The van der Waals surface area contributed by atoms with Gasteiger partial charge in [-0.05, 0) is 17.7 Å². The zero-order chi connectivity index (χ0) is 11.5. The van der Waals surface area contributed by atoms with Crippen molar-refractivity contribution in [3.63, 3.8) is 0 Å². The molecule has 2 nitrogen and oxygen atoms in total. The second kappa shape index (κ2) is 5.43. The Balaban J connectivity index is 2.01. The number of likely N-dealkylation sites (tertiary alicyclic amines) is 1. The van der Waals surface area contributed by atoms with Crippen molar-refractivity contribution in [2.75, 3.05) is 13.1 Å². The average molecular weight is 347 g/mol. The lowest BCUT2D eigenvalue weighted by molar-refractivity contribution is -0.121. The molecular weight excluding hydrogens is 334 g/mol. The third kappa shape index (κ3) is 3.15. The molecule has 0 aromatic heterocycles. The molecule has 0 saturated carbocycles. The van der Waals surface area contributed by atoms with E-state index in [4.69, 9.17) is 0 Å². The number of hydrogen-bond acceptors (Lipinski definition) is 2. The lowest BCUT2D eigenvalue weighted by Gasteiger charge is -2.26. The minimum atomic E-state index is 0.395. The van der Waals surface area contributed by atoms with Gasteiger partial charge in [0.1, 0.15) is 5.78 Å². The number of benzene rings is 1. The van der Waals surface area contributed by atoms with Crippen LogP contribution in [0.15, 0.2) is 27.1 Å². The molecule has 0 unspecified atom stereocenters. The summed E-state index contributed by atoms with van der Waals surface area (Å²) in [5.41, 5.74) is 1.28. The highest BCUT2D eigenvalue weighted by molar-refractivity contribution is 9.11. The molecule has 0 radical (unpaired) electrons. The number of carbonyl (C=O) groups excluding carboxylic acids is 1. The van der Waals surface area contributed by atoms with E-state index in [0.717, 1.165) is 28.6 Å². The topological polar surface area (TPSA) is 20.3 Å². The second-order valence-electron chi connectivity index (χ2n) is 4.05. The molecule has 1 heterocycles. The van der Waals surface area contributed by atoms with Gasteiger partial charge in [0, 0.05) is 41.4 Å². The molecule has 1 saturated heterocycles. The van der Waals surface area contributed by atoms with Crippen molar-refractivity contribution in [3.8, 4) is 0 Å². The summed E-state index contributed by atoms with van der Waals surface area (Å²) >= 11 is 7.00. The van der Waals surface area contributed by atoms with Crippen LogP contribution >= 0.6 is 31.9 Å². The summed E-state index contributed by atoms with van der Waals surface area (Å²) in [6.07, 6.45) is 1.41. The first-order chi connectivity index (χ1) is 7.65. The molecule has 1 aromatic rings. The van der Waals surface area contributed by atoms with E-state index in [2.05, 4.69) is 55.0 Å². The fraction of sp³-hybridized carbons (Fsp3) is 0.417. The van der Waals surface area contributed by atoms with E-state index in [-0.39, 0.29) is 0 Å². The summed E-state index contributed by atoms with van der Waals surface area (Å²) in [5.74, 6) is 0.395. The van der Waals surface area contributed by atoms with Crippen molar-refractivity contribution in [1.82, 2.24) is 4.90 Å². The van der Waals surface area contributed by atoms with Crippen LogP contribution in [0.5, 0.6) is 0 Å². The number of Topliss-reactive ketones (excluding diaryl/α,β-unsaturated/α-hetero) is 1. The first-order valence-electron chi connectivity index (χ1n) is 5.33. The molecule has 0 spiro atoms. The predicted octanol–water partition coefficient (Wildman–Crippen LogP) is 3.38. The van der Waals surface area contributed by atoms with Crippen LogP contribution in [-0.2, 0) is 11.3 Å². The first kappa shape index (κ1) is 12.3. The molecule has 0 N–H and O–H groups in total. The molecule has 16 heavy (non-hydrogen) atoms. The normalized spacial score (nSPS) is 17.8. The lowest BCUT2D eigenvalue weighted by atomic mass is 10.1. The quantitative estimate of drug-likeness (QED) is 0.818. The number of rotatable bonds is 2. The first-order valence-corrected chi connectivity index (χ1v) is 6.92. The Labute approximate surface area is 112 Å². The molecule has 2 rings (SSSR count). The Bertz CT molecular complexity index is 396. The van der Waals surface area contributed by atoms with Crippen LogP contribution in [0, 0.1) is 0 Å². The van der Waals surface area contributed by atoms with Gasteiger partial charge in [-0.2, -0.15) is 0 Å². The van der Waals surface area contributed by atoms with E-state index in [1.54, 1.807) is 0 Å². The van der Waals surface area contributed by atoms with Crippen molar-refractivity contribution in [2.45, 2.75) is 19.4 Å². The second-order valence-corrected chi connectivity index (χ2v) is 5.82. The zero-order valence-electron chi connectivity index (χ0n) is 8.88. The van der Waals surface area contributed by atoms with Gasteiger partial charge in [-0.25, -0.2) is 0 Å². The molecule has 0 aliphatic carbocycles. The van der Waals surface area contributed by atoms with Crippen molar-refractivity contribution in [2.24, 2.45) is 0 Å². The van der Waals surface area contributed by atoms with Crippen LogP contribution < -0.4 is 0 Å². The molecule has 4 heteroatoms. The van der Waals surface area contributed by atoms with Crippen LogP contribution in [0.1, 0.15) is 18.4 Å². The predicted molar refractivity (Wildman–Crippen MR) is 71.4 cm³/mol. The summed E-state index contributed by atoms with van der Waals surface area (Å²) in [7, 11) is 0. The number of carbonyl (C=O) groups is 1. The van der Waals surface area contributed by atoms with E-state index in [1.165, 1.54) is 5.56 Å². The third-order valence-electron chi connectivity index (χ3n) is 2.82. The number of piperidine rings is 1. The van der Waals surface area contributed by atoms with E-state index < -0.39 is 0 Å². The fourth-order valence-corrected chi connectivity index (χ4v) is 3.02. The number of halogens is 2. The number of nitrogens with zero attached hydrogens (tertiary/aromatic N) is 1. The van der Waals surface area contributed by atoms with E-state index in [0.29, 0.717) is 18.6 Å². The van der Waals surface area contributed by atoms with Crippen LogP contribution in [0.4, 0.5) is 0 Å². The van der Waals surface area contributed by atoms with Crippen LogP contribution in [0.3, 0.4) is 0 Å². The van der Waals surface area contributed by atoms with Gasteiger partial charge in [-0.15, -0.1) is 0 Å². The zero-order valence-corrected chi connectivity index (χ0v) is 12.1. The number of hydrogen-bond donors (Lipinski definition) is 0. The molecule has 86 valence electrons. The van der Waals surface area contributed by atoms with Crippen LogP contribution in [0.25, 0.3) is 0 Å².